The molecule has 1 aromatic rings. The van der Waals surface area contributed by atoms with E-state index >= 15 is 0 Å². The van der Waals surface area contributed by atoms with Crippen LogP contribution < -0.4 is 10.6 Å². The highest BCUT2D eigenvalue weighted by Crippen LogP contribution is 2.35. The number of fused-ring (bicyclic) bond motifs is 1. The molecule has 2 heterocycles. The van der Waals surface area contributed by atoms with Gasteiger partial charge < -0.3 is 10.6 Å². The summed E-state index contributed by atoms with van der Waals surface area (Å²) >= 11 is 0. The number of likely N-dealkylation sites (tertiary alicyclic amines) is 1. The van der Waals surface area contributed by atoms with Crippen LogP contribution in [0.2, 0.25) is 0 Å². The van der Waals surface area contributed by atoms with Crippen molar-refractivity contribution in [2.75, 3.05) is 38.0 Å². The van der Waals surface area contributed by atoms with E-state index in [4.69, 9.17) is 0 Å². The van der Waals surface area contributed by atoms with Crippen LogP contribution in [0.15, 0.2) is 18.2 Å². The predicted molar refractivity (Wildman–Crippen MR) is 95.3 cm³/mol. The smallest absolute Gasteiger partial charge is 0.238 e. The van der Waals surface area contributed by atoms with Crippen LogP contribution in [0.1, 0.15) is 30.4 Å². The van der Waals surface area contributed by atoms with E-state index in [1.807, 2.05) is 0 Å². The molecule has 1 spiro atoms. The molecule has 2 aliphatic heterocycles. The lowest BCUT2D eigenvalue weighted by atomic mass is 9.87. The third-order valence-corrected chi connectivity index (χ3v) is 5.60. The maximum atomic E-state index is 12.3. The number of carbonyl (C=O) groups excluding carboxylic acids is 1. The van der Waals surface area contributed by atoms with Crippen LogP contribution in [0.25, 0.3) is 0 Å². The molecule has 0 radical (unpaired) electrons. The number of nitrogens with zero attached hydrogens (tertiary/aromatic N) is 1. The SMILES string of the molecule is Cl.O=C(CN1CCC2(CCNC2)C1)Nc1ccc2c(c1)CCC2. The van der Waals surface area contributed by atoms with Gasteiger partial charge in [-0.2, -0.15) is 0 Å². The van der Waals surface area contributed by atoms with Gasteiger partial charge in [0.25, 0.3) is 0 Å². The lowest BCUT2D eigenvalue weighted by Gasteiger charge is -2.22. The first-order chi connectivity index (χ1) is 10.7. The molecule has 0 saturated carbocycles. The Morgan fingerprint density at radius 2 is 2.13 bits per heavy atom. The molecule has 1 aromatic carbocycles. The van der Waals surface area contributed by atoms with Gasteiger partial charge in [0.05, 0.1) is 6.54 Å². The van der Waals surface area contributed by atoms with Gasteiger partial charge in [-0.15, -0.1) is 12.4 Å². The fourth-order valence-corrected chi connectivity index (χ4v) is 4.36. The van der Waals surface area contributed by atoms with E-state index in [-0.39, 0.29) is 18.3 Å². The van der Waals surface area contributed by atoms with E-state index in [9.17, 15) is 4.79 Å². The number of carbonyl (C=O) groups is 1. The van der Waals surface area contributed by atoms with Crippen LogP contribution in [0.4, 0.5) is 5.69 Å². The van der Waals surface area contributed by atoms with Gasteiger partial charge in [0.15, 0.2) is 0 Å². The summed E-state index contributed by atoms with van der Waals surface area (Å²) in [4.78, 5) is 14.6. The van der Waals surface area contributed by atoms with E-state index in [1.54, 1.807) is 0 Å². The summed E-state index contributed by atoms with van der Waals surface area (Å²) < 4.78 is 0. The van der Waals surface area contributed by atoms with Crippen molar-refractivity contribution in [1.29, 1.82) is 0 Å². The predicted octanol–water partition coefficient (Wildman–Crippen LogP) is 2.22. The number of anilines is 1. The van der Waals surface area contributed by atoms with Crippen molar-refractivity contribution < 1.29 is 4.79 Å². The maximum absolute atomic E-state index is 12.3. The molecule has 4 nitrogen and oxygen atoms in total. The summed E-state index contributed by atoms with van der Waals surface area (Å²) in [7, 11) is 0. The zero-order chi connectivity index (χ0) is 15.0. The van der Waals surface area contributed by atoms with Crippen LogP contribution in [0.5, 0.6) is 0 Å². The first-order valence-electron chi connectivity index (χ1n) is 8.57. The van der Waals surface area contributed by atoms with Gasteiger partial charge in [-0.25, -0.2) is 0 Å². The molecule has 1 aliphatic carbocycles. The molecule has 0 aromatic heterocycles. The molecule has 126 valence electrons. The number of amides is 1. The Balaban J connectivity index is 0.00000156. The number of hydrogen-bond donors (Lipinski definition) is 2. The first kappa shape index (κ1) is 16.7. The topological polar surface area (TPSA) is 44.4 Å². The van der Waals surface area contributed by atoms with Crippen molar-refractivity contribution in [2.24, 2.45) is 5.41 Å². The third kappa shape index (κ3) is 3.54. The zero-order valence-electron chi connectivity index (χ0n) is 13.6. The van der Waals surface area contributed by atoms with Crippen LogP contribution in [0.3, 0.4) is 0 Å². The summed E-state index contributed by atoms with van der Waals surface area (Å²) in [5.74, 6) is 0.126. The average Bonchev–Trinajstić information content (AvgIpc) is 3.21. The normalized spacial score (nSPS) is 26.3. The van der Waals surface area contributed by atoms with Gasteiger partial charge >= 0.3 is 0 Å². The Morgan fingerprint density at radius 3 is 2.96 bits per heavy atom. The number of aryl methyl sites for hydroxylation is 2. The van der Waals surface area contributed by atoms with Gasteiger partial charge in [-0.3, -0.25) is 9.69 Å². The highest BCUT2D eigenvalue weighted by molar-refractivity contribution is 5.92. The minimum atomic E-state index is 0. The Kier molecular flexibility index (Phi) is 4.95. The minimum Gasteiger partial charge on any atom is -0.325 e. The van der Waals surface area contributed by atoms with Crippen molar-refractivity contribution in [1.82, 2.24) is 10.2 Å². The third-order valence-electron chi connectivity index (χ3n) is 5.60. The molecular weight excluding hydrogens is 310 g/mol. The van der Waals surface area contributed by atoms with Gasteiger partial charge in [0.2, 0.25) is 5.91 Å². The highest BCUT2D eigenvalue weighted by atomic mass is 35.5. The summed E-state index contributed by atoms with van der Waals surface area (Å²) in [6.07, 6.45) is 6.08. The lowest BCUT2D eigenvalue weighted by Crippen LogP contribution is -2.34. The largest absolute Gasteiger partial charge is 0.325 e. The second-order valence-electron chi connectivity index (χ2n) is 7.27. The van der Waals surface area contributed by atoms with Crippen LogP contribution in [-0.2, 0) is 17.6 Å². The summed E-state index contributed by atoms with van der Waals surface area (Å²) in [6.45, 7) is 4.90. The van der Waals surface area contributed by atoms with Crippen molar-refractivity contribution in [3.63, 3.8) is 0 Å². The second-order valence-corrected chi connectivity index (χ2v) is 7.27. The quantitative estimate of drug-likeness (QED) is 0.890. The minimum absolute atomic E-state index is 0. The van der Waals surface area contributed by atoms with E-state index in [1.165, 1.54) is 36.8 Å². The second kappa shape index (κ2) is 6.80. The molecule has 1 amide bonds. The molecule has 2 N–H and O–H groups in total. The molecule has 2 fully saturated rings. The van der Waals surface area contributed by atoms with E-state index in [0.717, 1.165) is 38.3 Å². The molecule has 0 bridgehead atoms. The Labute approximate surface area is 144 Å². The molecule has 1 atom stereocenters. The average molecular weight is 336 g/mol. The van der Waals surface area contributed by atoms with Crippen molar-refractivity contribution in [3.05, 3.63) is 29.3 Å². The fourth-order valence-electron chi connectivity index (χ4n) is 4.36. The monoisotopic (exact) mass is 335 g/mol. The fraction of sp³-hybridized carbons (Fsp3) is 0.611. The van der Waals surface area contributed by atoms with Crippen molar-refractivity contribution >= 4 is 24.0 Å². The van der Waals surface area contributed by atoms with Crippen LogP contribution >= 0.6 is 12.4 Å². The summed E-state index contributed by atoms with van der Waals surface area (Å²) in [5.41, 5.74) is 4.26. The molecule has 3 aliphatic rings. The van der Waals surface area contributed by atoms with Crippen LogP contribution in [0, 0.1) is 5.41 Å². The molecule has 2 saturated heterocycles. The van der Waals surface area contributed by atoms with Crippen LogP contribution in [-0.4, -0.2) is 43.5 Å². The maximum Gasteiger partial charge on any atom is 0.238 e. The standard InChI is InChI=1S/C18H25N3O.ClH/c22-17(11-21-9-7-18(13-21)6-8-19-12-18)20-16-5-4-14-2-1-3-15(14)10-16;/h4-5,10,19H,1-3,6-9,11-13H2,(H,20,22);1H. The Hall–Kier alpha value is -1.10. The van der Waals surface area contributed by atoms with E-state index in [2.05, 4.69) is 33.7 Å². The molecule has 1 unspecified atom stereocenters. The number of halogens is 1. The highest BCUT2D eigenvalue weighted by Gasteiger charge is 2.40. The number of hydrogen-bond acceptors (Lipinski definition) is 3. The van der Waals surface area contributed by atoms with Crippen molar-refractivity contribution in [2.45, 2.75) is 32.1 Å². The first-order valence-corrected chi connectivity index (χ1v) is 8.57. The Bertz CT molecular complexity index is 584. The molecule has 23 heavy (non-hydrogen) atoms. The van der Waals surface area contributed by atoms with Gasteiger partial charge in [0.1, 0.15) is 0 Å². The molecular formula is C18H26ClN3O. The lowest BCUT2D eigenvalue weighted by molar-refractivity contribution is -0.117. The van der Waals surface area contributed by atoms with Crippen molar-refractivity contribution in [3.8, 4) is 0 Å². The summed E-state index contributed by atoms with van der Waals surface area (Å²) in [6, 6.07) is 6.38. The number of benzene rings is 1. The molecule has 4 rings (SSSR count). The van der Waals surface area contributed by atoms with Gasteiger partial charge in [-0.1, -0.05) is 6.07 Å². The van der Waals surface area contributed by atoms with E-state index < -0.39 is 0 Å². The summed E-state index contributed by atoms with van der Waals surface area (Å²) in [5, 5.41) is 6.55. The number of rotatable bonds is 3. The zero-order valence-corrected chi connectivity index (χ0v) is 14.4. The van der Waals surface area contributed by atoms with Gasteiger partial charge in [-0.05, 0) is 73.9 Å². The number of nitrogens with one attached hydrogen (secondary N) is 2. The van der Waals surface area contributed by atoms with E-state index in [0.29, 0.717) is 12.0 Å². The molecule has 5 heteroatoms. The van der Waals surface area contributed by atoms with Gasteiger partial charge in [0, 0.05) is 18.8 Å². The Morgan fingerprint density at radius 1 is 1.26 bits per heavy atom.